The zero-order valence-corrected chi connectivity index (χ0v) is 15.3. The van der Waals surface area contributed by atoms with E-state index in [1.165, 1.54) is 4.90 Å². The van der Waals surface area contributed by atoms with E-state index in [2.05, 4.69) is 17.4 Å². The van der Waals surface area contributed by atoms with E-state index in [-0.39, 0.29) is 23.1 Å². The molecule has 5 heteroatoms. The average Bonchev–Trinajstić information content (AvgIpc) is 3.34. The van der Waals surface area contributed by atoms with Gasteiger partial charge in [0.2, 0.25) is 5.91 Å². The molecule has 0 heterocycles. The molecule has 3 N–H and O–H groups in total. The molecule has 0 spiro atoms. The van der Waals surface area contributed by atoms with Crippen LogP contribution in [0.3, 0.4) is 0 Å². The Kier molecular flexibility index (Phi) is 5.97. The minimum absolute atomic E-state index is 0. The summed E-state index contributed by atoms with van der Waals surface area (Å²) >= 11 is 1.85. The maximum atomic E-state index is 12.5. The highest BCUT2D eigenvalue weighted by molar-refractivity contribution is 8.01. The van der Waals surface area contributed by atoms with Crippen LogP contribution in [0.2, 0.25) is 0 Å². The van der Waals surface area contributed by atoms with Gasteiger partial charge in [0.1, 0.15) is 5.54 Å². The maximum absolute atomic E-state index is 12.5. The van der Waals surface area contributed by atoms with Gasteiger partial charge in [-0.3, -0.25) is 4.79 Å². The Hall–Kier alpha value is -1.49. The van der Waals surface area contributed by atoms with E-state index in [1.807, 2.05) is 60.3 Å². The predicted molar refractivity (Wildman–Crippen MR) is 103 cm³/mol. The molecule has 1 aliphatic rings. The quantitative estimate of drug-likeness (QED) is 0.823. The SMILES string of the molecule is CC(N)(C(=O)NCC1(Sc2ccccc2)CC1)c1ccccc1.Cl. The van der Waals surface area contributed by atoms with Crippen LogP contribution in [0.4, 0.5) is 0 Å². The van der Waals surface area contributed by atoms with Crippen molar-refractivity contribution in [1.29, 1.82) is 0 Å². The second-order valence-corrected chi connectivity index (χ2v) is 7.89. The molecule has 0 bridgehead atoms. The summed E-state index contributed by atoms with van der Waals surface area (Å²) in [7, 11) is 0. The largest absolute Gasteiger partial charge is 0.353 e. The Labute approximate surface area is 153 Å². The van der Waals surface area contributed by atoms with Gasteiger partial charge in [0.25, 0.3) is 0 Å². The Morgan fingerprint density at radius 1 is 1.12 bits per heavy atom. The highest BCUT2D eigenvalue weighted by atomic mass is 35.5. The first kappa shape index (κ1) is 18.8. The molecule has 1 saturated carbocycles. The smallest absolute Gasteiger partial charge is 0.244 e. The third-order valence-electron chi connectivity index (χ3n) is 4.30. The molecule has 0 aromatic heterocycles. The van der Waals surface area contributed by atoms with Crippen LogP contribution in [0.15, 0.2) is 65.6 Å². The molecular weight excluding hydrogens is 340 g/mol. The summed E-state index contributed by atoms with van der Waals surface area (Å²) in [5, 5.41) is 3.06. The third-order valence-corrected chi connectivity index (χ3v) is 5.79. The molecular formula is C19H23ClN2OS. The first-order valence-corrected chi connectivity index (χ1v) is 8.70. The van der Waals surface area contributed by atoms with Crippen molar-refractivity contribution in [3.63, 3.8) is 0 Å². The Bertz CT molecular complexity index is 672. The Balaban J connectivity index is 0.00000208. The van der Waals surface area contributed by atoms with Crippen molar-refractivity contribution in [3.8, 4) is 0 Å². The first-order chi connectivity index (χ1) is 11.0. The van der Waals surface area contributed by atoms with Gasteiger partial charge in [-0.2, -0.15) is 0 Å². The van der Waals surface area contributed by atoms with Crippen LogP contribution >= 0.6 is 24.2 Å². The number of benzene rings is 2. The summed E-state index contributed by atoms with van der Waals surface area (Å²) in [5.74, 6) is -0.122. The van der Waals surface area contributed by atoms with E-state index in [0.29, 0.717) is 6.54 Å². The lowest BCUT2D eigenvalue weighted by Gasteiger charge is -2.25. The average molecular weight is 363 g/mol. The van der Waals surface area contributed by atoms with Crippen LogP contribution in [-0.2, 0) is 10.3 Å². The van der Waals surface area contributed by atoms with E-state index in [0.717, 1.165) is 18.4 Å². The zero-order chi connectivity index (χ0) is 16.3. The second kappa shape index (κ2) is 7.60. The number of halogens is 1. The number of nitrogens with one attached hydrogen (secondary N) is 1. The number of amides is 1. The standard InChI is InChI=1S/C19H22N2OS.ClH/c1-18(20,15-8-4-2-5-9-15)17(22)21-14-19(12-13-19)23-16-10-6-3-7-11-16;/h2-11H,12-14,20H2,1H3,(H,21,22);1H. The van der Waals surface area contributed by atoms with Gasteiger partial charge in [-0.1, -0.05) is 48.5 Å². The fourth-order valence-corrected chi connectivity index (χ4v) is 3.78. The summed E-state index contributed by atoms with van der Waals surface area (Å²) in [6.45, 7) is 2.42. The third kappa shape index (κ3) is 4.32. The molecule has 1 unspecified atom stereocenters. The van der Waals surface area contributed by atoms with Gasteiger partial charge in [0.15, 0.2) is 0 Å². The van der Waals surface area contributed by atoms with Crippen LogP contribution in [0.1, 0.15) is 25.3 Å². The van der Waals surface area contributed by atoms with Gasteiger partial charge in [-0.15, -0.1) is 24.2 Å². The highest BCUT2D eigenvalue weighted by Gasteiger charge is 2.44. The fraction of sp³-hybridized carbons (Fsp3) is 0.316. The van der Waals surface area contributed by atoms with E-state index in [1.54, 1.807) is 6.92 Å². The van der Waals surface area contributed by atoms with Gasteiger partial charge in [0.05, 0.1) is 0 Å². The molecule has 3 rings (SSSR count). The lowest BCUT2D eigenvalue weighted by Crippen LogP contribution is -2.50. The van der Waals surface area contributed by atoms with E-state index >= 15 is 0 Å². The summed E-state index contributed by atoms with van der Waals surface area (Å²) in [6, 6.07) is 19.9. The zero-order valence-electron chi connectivity index (χ0n) is 13.7. The van der Waals surface area contributed by atoms with Crippen LogP contribution < -0.4 is 11.1 Å². The number of nitrogens with two attached hydrogens (primary N) is 1. The van der Waals surface area contributed by atoms with Gasteiger partial charge in [-0.25, -0.2) is 0 Å². The summed E-state index contributed by atoms with van der Waals surface area (Å²) in [5.41, 5.74) is 6.09. The number of hydrogen-bond donors (Lipinski definition) is 2. The molecule has 1 aliphatic carbocycles. The molecule has 2 aromatic rings. The van der Waals surface area contributed by atoms with Crippen molar-refractivity contribution in [2.24, 2.45) is 5.73 Å². The van der Waals surface area contributed by atoms with Crippen molar-refractivity contribution in [3.05, 3.63) is 66.2 Å². The van der Waals surface area contributed by atoms with E-state index < -0.39 is 5.54 Å². The maximum Gasteiger partial charge on any atom is 0.244 e. The molecule has 2 aromatic carbocycles. The summed E-state index contributed by atoms with van der Waals surface area (Å²) in [4.78, 5) is 13.8. The van der Waals surface area contributed by atoms with Gasteiger partial charge in [-0.05, 0) is 37.5 Å². The Morgan fingerprint density at radius 2 is 1.67 bits per heavy atom. The molecule has 128 valence electrons. The second-order valence-electron chi connectivity index (χ2n) is 6.35. The topological polar surface area (TPSA) is 55.1 Å². The van der Waals surface area contributed by atoms with Crippen molar-refractivity contribution < 1.29 is 4.79 Å². The molecule has 1 amide bonds. The number of hydrogen-bond acceptors (Lipinski definition) is 3. The molecule has 1 fully saturated rings. The molecule has 24 heavy (non-hydrogen) atoms. The van der Waals surface area contributed by atoms with Crippen molar-refractivity contribution in [2.45, 2.75) is 34.9 Å². The normalized spacial score (nSPS) is 17.2. The summed E-state index contributed by atoms with van der Waals surface area (Å²) < 4.78 is 0.129. The number of rotatable bonds is 6. The number of carbonyl (C=O) groups is 1. The monoisotopic (exact) mass is 362 g/mol. The van der Waals surface area contributed by atoms with Gasteiger partial charge < -0.3 is 11.1 Å². The molecule has 0 radical (unpaired) electrons. The predicted octanol–water partition coefficient (Wildman–Crippen LogP) is 3.72. The number of carbonyl (C=O) groups excluding carboxylic acids is 1. The van der Waals surface area contributed by atoms with Crippen LogP contribution in [0.5, 0.6) is 0 Å². The summed E-state index contributed by atoms with van der Waals surface area (Å²) in [6.07, 6.45) is 2.25. The van der Waals surface area contributed by atoms with E-state index in [9.17, 15) is 4.79 Å². The van der Waals surface area contributed by atoms with Crippen LogP contribution in [0, 0.1) is 0 Å². The van der Waals surface area contributed by atoms with Gasteiger partial charge in [0, 0.05) is 16.2 Å². The van der Waals surface area contributed by atoms with Crippen LogP contribution in [-0.4, -0.2) is 17.2 Å². The van der Waals surface area contributed by atoms with Crippen LogP contribution in [0.25, 0.3) is 0 Å². The highest BCUT2D eigenvalue weighted by Crippen LogP contribution is 2.51. The minimum Gasteiger partial charge on any atom is -0.353 e. The van der Waals surface area contributed by atoms with Crippen molar-refractivity contribution >= 4 is 30.1 Å². The molecule has 3 nitrogen and oxygen atoms in total. The minimum atomic E-state index is -1.01. The fourth-order valence-electron chi connectivity index (χ4n) is 2.53. The first-order valence-electron chi connectivity index (χ1n) is 7.89. The van der Waals surface area contributed by atoms with Crippen molar-refractivity contribution in [1.82, 2.24) is 5.32 Å². The molecule has 0 saturated heterocycles. The lowest BCUT2D eigenvalue weighted by molar-refractivity contribution is -0.126. The lowest BCUT2D eigenvalue weighted by atomic mass is 9.92. The Morgan fingerprint density at radius 3 is 2.21 bits per heavy atom. The van der Waals surface area contributed by atoms with Crippen molar-refractivity contribution in [2.75, 3.05) is 6.54 Å². The number of thioether (sulfide) groups is 1. The molecule has 0 aliphatic heterocycles. The van der Waals surface area contributed by atoms with Gasteiger partial charge >= 0.3 is 0 Å². The van der Waals surface area contributed by atoms with E-state index in [4.69, 9.17) is 5.73 Å². The molecule has 1 atom stereocenters.